The van der Waals surface area contributed by atoms with Crippen molar-refractivity contribution in [2.75, 3.05) is 0 Å². The molecule has 2 rings (SSSR count). The zero-order chi connectivity index (χ0) is 12.4. The first-order chi connectivity index (χ1) is 8.17. The molecule has 0 amide bonds. The summed E-state index contributed by atoms with van der Waals surface area (Å²) in [6, 6.07) is 3.71. The summed E-state index contributed by atoms with van der Waals surface area (Å²) in [7, 11) is 0. The van der Waals surface area contributed by atoms with Crippen molar-refractivity contribution in [3.63, 3.8) is 0 Å². The maximum atomic E-state index is 11.3. The summed E-state index contributed by atoms with van der Waals surface area (Å²) in [6.07, 6.45) is 2.85. The molecule has 1 aliphatic carbocycles. The molecule has 0 bridgehead atoms. The number of rotatable bonds is 3. The molecule has 0 spiro atoms. The monoisotopic (exact) mass is 232 g/mol. The molecule has 0 N–H and O–H groups in total. The Balaban J connectivity index is 2.30. The van der Waals surface area contributed by atoms with E-state index in [0.717, 1.165) is 35.8 Å². The average Bonchev–Trinajstić information content (AvgIpc) is 2.74. The van der Waals surface area contributed by atoms with Gasteiger partial charge in [-0.25, -0.2) is 0 Å². The van der Waals surface area contributed by atoms with Gasteiger partial charge in [-0.2, -0.15) is 0 Å². The van der Waals surface area contributed by atoms with Gasteiger partial charge in [0, 0.05) is 12.0 Å². The second-order valence-electron chi connectivity index (χ2n) is 4.34. The van der Waals surface area contributed by atoms with Crippen LogP contribution in [0.2, 0.25) is 0 Å². The van der Waals surface area contributed by atoms with Crippen LogP contribution in [0.3, 0.4) is 0 Å². The largest absolute Gasteiger partial charge is 0.457 e. The van der Waals surface area contributed by atoms with Crippen LogP contribution in [0.15, 0.2) is 12.1 Å². The smallest absolute Gasteiger partial charge is 0.306 e. The van der Waals surface area contributed by atoms with Crippen molar-refractivity contribution >= 4 is 12.3 Å². The number of aldehydes is 1. The lowest BCUT2D eigenvalue weighted by atomic mass is 9.99. The summed E-state index contributed by atoms with van der Waals surface area (Å²) in [4.78, 5) is 22.2. The Morgan fingerprint density at radius 1 is 1.53 bits per heavy atom. The second-order valence-corrected chi connectivity index (χ2v) is 4.34. The molecule has 0 aliphatic heterocycles. The highest BCUT2D eigenvalue weighted by Crippen LogP contribution is 2.36. The SMILES string of the molecule is CCC(=O)OC1CCc2c1ccc(C=O)c2C. The van der Waals surface area contributed by atoms with Crippen LogP contribution in [0, 0.1) is 6.92 Å². The third-order valence-corrected chi connectivity index (χ3v) is 3.37. The molecule has 1 unspecified atom stereocenters. The van der Waals surface area contributed by atoms with Gasteiger partial charge in [0.1, 0.15) is 12.4 Å². The molecule has 17 heavy (non-hydrogen) atoms. The lowest BCUT2D eigenvalue weighted by Crippen LogP contribution is -2.08. The third-order valence-electron chi connectivity index (χ3n) is 3.37. The Labute approximate surface area is 101 Å². The topological polar surface area (TPSA) is 43.4 Å². The lowest BCUT2D eigenvalue weighted by Gasteiger charge is -2.13. The van der Waals surface area contributed by atoms with Crippen molar-refractivity contribution in [3.05, 3.63) is 34.4 Å². The van der Waals surface area contributed by atoms with Crippen LogP contribution >= 0.6 is 0 Å². The zero-order valence-electron chi connectivity index (χ0n) is 10.2. The predicted molar refractivity (Wildman–Crippen MR) is 64.0 cm³/mol. The van der Waals surface area contributed by atoms with E-state index in [0.29, 0.717) is 6.42 Å². The quantitative estimate of drug-likeness (QED) is 0.594. The minimum atomic E-state index is -0.167. The molecule has 0 saturated carbocycles. The number of ether oxygens (including phenoxy) is 1. The highest BCUT2D eigenvalue weighted by molar-refractivity contribution is 5.78. The van der Waals surface area contributed by atoms with Crippen molar-refractivity contribution in [2.45, 2.75) is 39.2 Å². The van der Waals surface area contributed by atoms with E-state index in [4.69, 9.17) is 4.74 Å². The van der Waals surface area contributed by atoms with Crippen LogP contribution in [0.25, 0.3) is 0 Å². The number of esters is 1. The predicted octanol–water partition coefficient (Wildman–Crippen LogP) is 2.75. The molecule has 3 heteroatoms. The summed E-state index contributed by atoms with van der Waals surface area (Å²) in [5.41, 5.74) is 3.98. The molecule has 3 nitrogen and oxygen atoms in total. The molecule has 0 radical (unpaired) electrons. The molecule has 0 saturated heterocycles. The summed E-state index contributed by atoms with van der Waals surface area (Å²) in [5.74, 6) is -0.167. The molecular weight excluding hydrogens is 216 g/mol. The second kappa shape index (κ2) is 4.70. The molecule has 90 valence electrons. The molecule has 1 aromatic carbocycles. The third kappa shape index (κ3) is 2.09. The van der Waals surface area contributed by atoms with E-state index >= 15 is 0 Å². The van der Waals surface area contributed by atoms with Gasteiger partial charge in [-0.05, 0) is 36.5 Å². The zero-order valence-corrected chi connectivity index (χ0v) is 10.2. The number of hydrogen-bond donors (Lipinski definition) is 0. The number of hydrogen-bond acceptors (Lipinski definition) is 3. The Morgan fingerprint density at radius 2 is 2.29 bits per heavy atom. The fourth-order valence-electron chi connectivity index (χ4n) is 2.35. The Bertz CT molecular complexity index is 463. The van der Waals surface area contributed by atoms with Crippen LogP contribution in [-0.4, -0.2) is 12.3 Å². The number of benzene rings is 1. The van der Waals surface area contributed by atoms with Crippen LogP contribution < -0.4 is 0 Å². The van der Waals surface area contributed by atoms with E-state index in [1.165, 1.54) is 5.56 Å². The van der Waals surface area contributed by atoms with Crippen LogP contribution in [0.1, 0.15) is 52.9 Å². The van der Waals surface area contributed by atoms with Crippen LogP contribution in [0.4, 0.5) is 0 Å². The summed E-state index contributed by atoms with van der Waals surface area (Å²) >= 11 is 0. The fourth-order valence-corrected chi connectivity index (χ4v) is 2.35. The summed E-state index contributed by atoms with van der Waals surface area (Å²) < 4.78 is 5.39. The molecule has 1 aliphatic rings. The van der Waals surface area contributed by atoms with Gasteiger partial charge in [0.25, 0.3) is 0 Å². The first kappa shape index (κ1) is 11.8. The summed E-state index contributed by atoms with van der Waals surface area (Å²) in [5, 5.41) is 0. The van der Waals surface area contributed by atoms with Crippen molar-refractivity contribution in [1.82, 2.24) is 0 Å². The molecule has 0 aromatic heterocycles. The average molecular weight is 232 g/mol. The molecule has 0 fully saturated rings. The van der Waals surface area contributed by atoms with E-state index < -0.39 is 0 Å². The van der Waals surface area contributed by atoms with E-state index in [9.17, 15) is 9.59 Å². The van der Waals surface area contributed by atoms with Crippen LogP contribution in [-0.2, 0) is 16.0 Å². The molecular formula is C14H16O3. The van der Waals surface area contributed by atoms with Gasteiger partial charge in [0.15, 0.2) is 0 Å². The normalized spacial score (nSPS) is 17.6. The minimum Gasteiger partial charge on any atom is -0.457 e. The first-order valence-corrected chi connectivity index (χ1v) is 5.94. The number of fused-ring (bicyclic) bond motifs is 1. The standard InChI is InChI=1S/C14H16O3/c1-3-14(16)17-13-7-6-11-9(2)10(8-15)4-5-12(11)13/h4-5,8,13H,3,6-7H2,1-2H3. The van der Waals surface area contributed by atoms with Crippen molar-refractivity contribution < 1.29 is 14.3 Å². The maximum Gasteiger partial charge on any atom is 0.306 e. The van der Waals surface area contributed by atoms with Gasteiger partial charge in [-0.3, -0.25) is 9.59 Å². The number of carbonyl (C=O) groups is 2. The Morgan fingerprint density at radius 3 is 2.94 bits per heavy atom. The van der Waals surface area contributed by atoms with Gasteiger partial charge in [-0.15, -0.1) is 0 Å². The molecule has 1 aromatic rings. The van der Waals surface area contributed by atoms with Gasteiger partial charge < -0.3 is 4.74 Å². The minimum absolute atomic E-state index is 0.128. The van der Waals surface area contributed by atoms with E-state index in [1.807, 2.05) is 13.0 Å². The maximum absolute atomic E-state index is 11.3. The highest BCUT2D eigenvalue weighted by atomic mass is 16.5. The van der Waals surface area contributed by atoms with E-state index in [-0.39, 0.29) is 12.1 Å². The van der Waals surface area contributed by atoms with Crippen molar-refractivity contribution in [3.8, 4) is 0 Å². The van der Waals surface area contributed by atoms with Gasteiger partial charge in [0.05, 0.1) is 0 Å². The van der Waals surface area contributed by atoms with E-state index in [2.05, 4.69) is 0 Å². The van der Waals surface area contributed by atoms with Gasteiger partial charge in [-0.1, -0.05) is 19.1 Å². The highest BCUT2D eigenvalue weighted by Gasteiger charge is 2.27. The van der Waals surface area contributed by atoms with Crippen molar-refractivity contribution in [1.29, 1.82) is 0 Å². The van der Waals surface area contributed by atoms with Gasteiger partial charge in [0.2, 0.25) is 0 Å². The van der Waals surface area contributed by atoms with Crippen molar-refractivity contribution in [2.24, 2.45) is 0 Å². The van der Waals surface area contributed by atoms with E-state index in [1.54, 1.807) is 13.0 Å². The molecule has 1 atom stereocenters. The lowest BCUT2D eigenvalue weighted by molar-refractivity contribution is -0.148. The Kier molecular flexibility index (Phi) is 3.27. The summed E-state index contributed by atoms with van der Waals surface area (Å²) in [6.45, 7) is 3.74. The Hall–Kier alpha value is -1.64. The fraction of sp³-hybridized carbons (Fsp3) is 0.429. The molecule has 0 heterocycles. The van der Waals surface area contributed by atoms with Gasteiger partial charge >= 0.3 is 5.97 Å². The first-order valence-electron chi connectivity index (χ1n) is 5.94. The van der Waals surface area contributed by atoms with Crippen LogP contribution in [0.5, 0.6) is 0 Å². The number of carbonyl (C=O) groups excluding carboxylic acids is 2.